The third kappa shape index (κ3) is 7.19. The Morgan fingerprint density at radius 3 is 1.82 bits per heavy atom. The molecule has 5 rings (SSSR count). The van der Waals surface area contributed by atoms with Crippen LogP contribution in [0.3, 0.4) is 0 Å². The summed E-state index contributed by atoms with van der Waals surface area (Å²) >= 11 is 0. The molecular weight excluding hydrogens is 643 g/mol. The van der Waals surface area contributed by atoms with Gasteiger partial charge in [0.05, 0.1) is 10.6 Å². The topological polar surface area (TPSA) is 186 Å². The maximum Gasteiger partial charge on any atom is 0.545 e. The molecule has 45 heavy (non-hydrogen) atoms. The average molecular weight is 683 g/mol. The predicted octanol–water partition coefficient (Wildman–Crippen LogP) is 3.56. The second-order valence-electron chi connectivity index (χ2n) is 12.8. The molecule has 16 heteroatoms. The van der Waals surface area contributed by atoms with Crippen molar-refractivity contribution in [2.24, 2.45) is 34.0 Å². The minimum absolute atomic E-state index is 0.0482. The predicted molar refractivity (Wildman–Crippen MR) is 168 cm³/mol. The fourth-order valence-corrected chi connectivity index (χ4v) is 10.5. The summed E-state index contributed by atoms with van der Waals surface area (Å²) in [7, 11) is -12.7. The Balaban J connectivity index is 1.59. The van der Waals surface area contributed by atoms with Gasteiger partial charge in [0.25, 0.3) is 0 Å². The van der Waals surface area contributed by atoms with Gasteiger partial charge in [-0.15, -0.1) is 0 Å². The zero-order valence-corrected chi connectivity index (χ0v) is 28.1. The Hall–Kier alpha value is -2.65. The van der Waals surface area contributed by atoms with Crippen molar-refractivity contribution in [3.8, 4) is 0 Å². The van der Waals surface area contributed by atoms with Crippen molar-refractivity contribution in [2.75, 3.05) is 26.2 Å². The lowest BCUT2D eigenvalue weighted by Crippen LogP contribution is -2.43. The summed E-state index contributed by atoms with van der Waals surface area (Å²) in [6.45, 7) is 9.54. The number of rotatable bonds is 7. The zero-order valence-electron chi connectivity index (χ0n) is 25.6. The van der Waals surface area contributed by atoms with E-state index in [1.807, 2.05) is 27.7 Å². The largest absolute Gasteiger partial charge is 0.545 e. The third-order valence-corrected chi connectivity index (χ3v) is 12.4. The Labute approximate surface area is 263 Å². The van der Waals surface area contributed by atoms with Crippen LogP contribution >= 0.6 is 7.82 Å². The molecule has 0 amide bonds. The van der Waals surface area contributed by atoms with E-state index in [-0.39, 0.29) is 68.0 Å². The Morgan fingerprint density at radius 1 is 0.778 bits per heavy atom. The first-order valence-electron chi connectivity index (χ1n) is 14.8. The van der Waals surface area contributed by atoms with Gasteiger partial charge in [0, 0.05) is 48.4 Å². The normalized spacial score (nSPS) is 26.9. The van der Waals surface area contributed by atoms with E-state index in [2.05, 4.69) is 14.9 Å². The molecule has 2 heterocycles. The number of sulfonamides is 2. The molecule has 3 N–H and O–H groups in total. The van der Waals surface area contributed by atoms with Crippen molar-refractivity contribution < 1.29 is 41.0 Å². The van der Waals surface area contributed by atoms with E-state index in [0.29, 0.717) is 31.7 Å². The minimum atomic E-state index is -5.06. The summed E-state index contributed by atoms with van der Waals surface area (Å²) < 4.78 is 73.4. The van der Waals surface area contributed by atoms with Gasteiger partial charge in [-0.25, -0.2) is 25.7 Å². The van der Waals surface area contributed by atoms with E-state index < -0.39 is 27.9 Å². The van der Waals surface area contributed by atoms with Gasteiger partial charge in [0.2, 0.25) is 20.0 Å². The van der Waals surface area contributed by atoms with Gasteiger partial charge in [-0.1, -0.05) is 56.2 Å². The van der Waals surface area contributed by atoms with Crippen LogP contribution in [-0.2, 0) is 35.0 Å². The van der Waals surface area contributed by atoms with Crippen LogP contribution in [0.25, 0.3) is 0 Å². The van der Waals surface area contributed by atoms with E-state index in [9.17, 15) is 36.4 Å². The van der Waals surface area contributed by atoms with E-state index in [0.717, 1.165) is 12.8 Å². The number of hydrogen-bond acceptors (Lipinski definition) is 9. The van der Waals surface area contributed by atoms with Crippen LogP contribution in [0.4, 0.5) is 0 Å². The van der Waals surface area contributed by atoms with E-state index >= 15 is 0 Å². The maximum absolute atomic E-state index is 13.7. The van der Waals surface area contributed by atoms with Gasteiger partial charge in [-0.2, -0.15) is 4.31 Å². The summed E-state index contributed by atoms with van der Waals surface area (Å²) in [5.74, 6) is 0.420. The molecule has 4 atom stereocenters. The number of hydrogen-bond donors (Lipinski definition) is 3. The Bertz CT molecular complexity index is 1790. The SMILES string of the molecule is CC1CC(C)CN(S(=O)(=O)Cc2ccc3c(c2)/C(=N\O)c2cc(S(=O)(=O)N4CC(C)CC(C)C4)ccc2/C3=N\OP(=O)(O)O)C1. The summed E-state index contributed by atoms with van der Waals surface area (Å²) in [6, 6.07) is 8.69. The van der Waals surface area contributed by atoms with Crippen molar-refractivity contribution in [3.05, 3.63) is 64.2 Å². The molecule has 1 aliphatic carbocycles. The molecule has 0 radical (unpaired) electrons. The molecule has 2 aliphatic heterocycles. The lowest BCUT2D eigenvalue weighted by Gasteiger charge is -2.34. The molecule has 2 saturated heterocycles. The summed E-state index contributed by atoms with van der Waals surface area (Å²) in [5.41, 5.74) is 1.05. The van der Waals surface area contributed by atoms with Gasteiger partial charge in [-0.3, -0.25) is 14.4 Å². The summed E-state index contributed by atoms with van der Waals surface area (Å²) in [6.07, 6.45) is 1.84. The highest BCUT2D eigenvalue weighted by molar-refractivity contribution is 7.89. The molecule has 0 spiro atoms. The number of piperidine rings is 2. The molecule has 2 fully saturated rings. The number of benzene rings is 2. The molecule has 0 aromatic heterocycles. The molecular formula is C29H39N4O9PS2. The Kier molecular flexibility index (Phi) is 9.37. The molecule has 0 saturated carbocycles. The first-order chi connectivity index (χ1) is 21.0. The highest BCUT2D eigenvalue weighted by Gasteiger charge is 2.36. The number of fused-ring (bicyclic) bond motifs is 2. The highest BCUT2D eigenvalue weighted by Crippen LogP contribution is 2.39. The molecule has 0 bridgehead atoms. The molecule has 2 aromatic carbocycles. The van der Waals surface area contributed by atoms with Crippen LogP contribution in [0, 0.1) is 23.7 Å². The van der Waals surface area contributed by atoms with Crippen LogP contribution in [-0.4, -0.2) is 78.0 Å². The molecule has 3 aliphatic rings. The van der Waals surface area contributed by atoms with Crippen molar-refractivity contribution in [1.82, 2.24) is 8.61 Å². The molecule has 4 unspecified atom stereocenters. The second kappa shape index (κ2) is 12.5. The smallest absolute Gasteiger partial charge is 0.410 e. The van der Waals surface area contributed by atoms with Crippen LogP contribution in [0.15, 0.2) is 51.6 Å². The van der Waals surface area contributed by atoms with Gasteiger partial charge < -0.3 is 5.21 Å². The van der Waals surface area contributed by atoms with Crippen molar-refractivity contribution in [1.29, 1.82) is 0 Å². The van der Waals surface area contributed by atoms with E-state index in [4.69, 9.17) is 0 Å². The fourth-order valence-electron chi connectivity index (χ4n) is 6.85. The number of oxime groups is 2. The minimum Gasteiger partial charge on any atom is -0.410 e. The van der Waals surface area contributed by atoms with E-state index in [1.54, 1.807) is 6.07 Å². The lowest BCUT2D eigenvalue weighted by molar-refractivity contribution is 0.205. The second-order valence-corrected chi connectivity index (χ2v) is 17.9. The van der Waals surface area contributed by atoms with Crippen LogP contribution in [0.2, 0.25) is 0 Å². The fraction of sp³-hybridized carbons (Fsp3) is 0.517. The monoisotopic (exact) mass is 682 g/mol. The van der Waals surface area contributed by atoms with Gasteiger partial charge in [0.15, 0.2) is 0 Å². The maximum atomic E-state index is 13.7. The lowest BCUT2D eigenvalue weighted by atomic mass is 9.82. The van der Waals surface area contributed by atoms with Gasteiger partial charge in [-0.05, 0) is 60.3 Å². The number of nitrogens with zero attached hydrogens (tertiary/aromatic N) is 4. The number of phosphoric acid groups is 1. The quantitative estimate of drug-likeness (QED) is 0.190. The van der Waals surface area contributed by atoms with Gasteiger partial charge >= 0.3 is 7.82 Å². The zero-order chi connectivity index (χ0) is 32.9. The van der Waals surface area contributed by atoms with Crippen molar-refractivity contribution in [3.63, 3.8) is 0 Å². The molecule has 246 valence electrons. The van der Waals surface area contributed by atoms with E-state index in [1.165, 1.54) is 38.9 Å². The third-order valence-electron chi connectivity index (χ3n) is 8.48. The Morgan fingerprint density at radius 2 is 1.29 bits per heavy atom. The first-order valence-corrected chi connectivity index (χ1v) is 19.4. The van der Waals surface area contributed by atoms with Crippen molar-refractivity contribution >= 4 is 39.3 Å². The first kappa shape index (κ1) is 33.7. The van der Waals surface area contributed by atoms with Gasteiger partial charge in [0.1, 0.15) is 11.4 Å². The highest BCUT2D eigenvalue weighted by atomic mass is 32.2. The molecule has 13 nitrogen and oxygen atoms in total. The molecule has 2 aromatic rings. The summed E-state index contributed by atoms with van der Waals surface area (Å²) in [4.78, 5) is 18.7. The standard InChI is InChI=1S/C29H39N4O9PS2/c1-18-9-19(2)14-32(13-18)44(38,39)17-22-5-7-24-26(11-22)28(30-34)27-12-23(6-8-25(27)29(24)31-42-43(35,36)37)45(40,41)33-15-20(3)10-21(4)16-33/h5-8,11-12,18-21,34H,9-10,13-17H2,1-4H3,(H2,35,36,37)/b30-28+,31-29-. The van der Waals surface area contributed by atoms with Crippen LogP contribution < -0.4 is 0 Å². The average Bonchev–Trinajstić information content (AvgIpc) is 2.93. The summed E-state index contributed by atoms with van der Waals surface area (Å²) in [5, 5.41) is 17.4. The van der Waals surface area contributed by atoms with Crippen LogP contribution in [0.1, 0.15) is 68.4 Å². The van der Waals surface area contributed by atoms with Crippen molar-refractivity contribution in [2.45, 2.75) is 51.2 Å². The van der Waals surface area contributed by atoms with Crippen LogP contribution in [0.5, 0.6) is 0 Å².